The average molecular weight is 479 g/mol. The third-order valence-corrected chi connectivity index (χ3v) is 5.88. The number of halogens is 1. The van der Waals surface area contributed by atoms with Gasteiger partial charge in [-0.15, -0.1) is 12.4 Å². The van der Waals surface area contributed by atoms with Crippen LogP contribution in [-0.4, -0.2) is 61.1 Å². The molecule has 0 fully saturated rings. The lowest BCUT2D eigenvalue weighted by Crippen LogP contribution is -2.33. The lowest BCUT2D eigenvalue weighted by molar-refractivity contribution is -0.385. The molecule has 0 saturated carbocycles. The number of amides is 1. The molecule has 0 spiro atoms. The zero-order valence-electron chi connectivity index (χ0n) is 17.6. The molecule has 1 aliphatic heterocycles. The number of ether oxygens (including phenoxy) is 2. The SMILES string of the molecule is CN(C)CCCN(C(=O)c1ccccc1[N+](=O)[O-])c1nc2cc3c(cc2s1)OCCO3.Cl. The van der Waals surface area contributed by atoms with Crippen LogP contribution < -0.4 is 14.4 Å². The molecule has 32 heavy (non-hydrogen) atoms. The highest BCUT2D eigenvalue weighted by atomic mass is 35.5. The fourth-order valence-electron chi connectivity index (χ4n) is 3.36. The largest absolute Gasteiger partial charge is 0.486 e. The van der Waals surface area contributed by atoms with Crippen molar-refractivity contribution >= 4 is 50.7 Å². The van der Waals surface area contributed by atoms with Crippen LogP contribution in [0.5, 0.6) is 11.5 Å². The van der Waals surface area contributed by atoms with E-state index in [1.165, 1.54) is 28.4 Å². The number of anilines is 1. The van der Waals surface area contributed by atoms with Crippen LogP contribution in [0.2, 0.25) is 0 Å². The minimum atomic E-state index is -0.535. The van der Waals surface area contributed by atoms with Crippen LogP contribution in [-0.2, 0) is 0 Å². The third-order valence-electron chi connectivity index (χ3n) is 4.84. The number of thiazole rings is 1. The van der Waals surface area contributed by atoms with E-state index in [4.69, 9.17) is 9.47 Å². The summed E-state index contributed by atoms with van der Waals surface area (Å²) in [5.41, 5.74) is 0.517. The standard InChI is InChI=1S/C21H22N4O5S.ClH/c1-23(2)8-5-9-24(20(26)14-6-3-4-7-16(14)25(27)28)21-22-15-12-17-18(13-19(15)31-21)30-11-10-29-17;/h3-4,6-7,12-13H,5,8-11H2,1-2H3;1H. The van der Waals surface area contributed by atoms with Crippen molar-refractivity contribution in [3.05, 3.63) is 52.1 Å². The van der Waals surface area contributed by atoms with E-state index in [-0.39, 0.29) is 23.7 Å². The molecular weight excluding hydrogens is 456 g/mol. The van der Waals surface area contributed by atoms with Gasteiger partial charge in [0.05, 0.1) is 15.1 Å². The van der Waals surface area contributed by atoms with Crippen molar-refractivity contribution in [1.82, 2.24) is 9.88 Å². The van der Waals surface area contributed by atoms with Crippen molar-refractivity contribution < 1.29 is 19.2 Å². The molecule has 0 N–H and O–H groups in total. The maximum atomic E-state index is 13.4. The first-order valence-electron chi connectivity index (χ1n) is 9.84. The zero-order valence-corrected chi connectivity index (χ0v) is 19.3. The maximum Gasteiger partial charge on any atom is 0.282 e. The van der Waals surface area contributed by atoms with Gasteiger partial charge in [-0.1, -0.05) is 23.5 Å². The van der Waals surface area contributed by atoms with E-state index in [2.05, 4.69) is 4.98 Å². The first-order valence-corrected chi connectivity index (χ1v) is 10.7. The number of para-hydroxylation sites is 1. The van der Waals surface area contributed by atoms with E-state index in [0.717, 1.165) is 11.2 Å². The summed E-state index contributed by atoms with van der Waals surface area (Å²) in [5.74, 6) is 0.834. The summed E-state index contributed by atoms with van der Waals surface area (Å²) in [6.45, 7) is 2.11. The Balaban J connectivity index is 0.00000289. The first-order chi connectivity index (χ1) is 14.9. The van der Waals surface area contributed by atoms with Gasteiger partial charge in [-0.05, 0) is 33.1 Å². The van der Waals surface area contributed by atoms with Crippen LogP contribution >= 0.6 is 23.7 Å². The van der Waals surface area contributed by atoms with E-state index in [1.54, 1.807) is 18.2 Å². The minimum Gasteiger partial charge on any atom is -0.486 e. The number of nitro benzene ring substituents is 1. The fourth-order valence-corrected chi connectivity index (χ4v) is 4.36. The molecule has 0 aliphatic carbocycles. The number of carbonyl (C=O) groups is 1. The number of rotatable bonds is 7. The predicted octanol–water partition coefficient (Wildman–Crippen LogP) is 4.00. The number of aromatic nitrogens is 1. The van der Waals surface area contributed by atoms with E-state index in [9.17, 15) is 14.9 Å². The van der Waals surface area contributed by atoms with Gasteiger partial charge < -0.3 is 14.4 Å². The second-order valence-corrected chi connectivity index (χ2v) is 8.36. The molecule has 1 aromatic heterocycles. The molecule has 0 radical (unpaired) electrons. The Kier molecular flexibility index (Phi) is 7.49. The Morgan fingerprint density at radius 3 is 2.53 bits per heavy atom. The Morgan fingerprint density at radius 1 is 1.16 bits per heavy atom. The van der Waals surface area contributed by atoms with Gasteiger partial charge in [0.15, 0.2) is 16.6 Å². The molecule has 0 saturated heterocycles. The highest BCUT2D eigenvalue weighted by molar-refractivity contribution is 7.22. The quantitative estimate of drug-likeness (QED) is 0.374. The Bertz CT molecular complexity index is 1090. The highest BCUT2D eigenvalue weighted by Crippen LogP contribution is 2.39. The van der Waals surface area contributed by atoms with Crippen LogP contribution in [0.1, 0.15) is 16.8 Å². The molecule has 2 aromatic carbocycles. The van der Waals surface area contributed by atoms with Gasteiger partial charge in [0.1, 0.15) is 18.8 Å². The second kappa shape index (κ2) is 10.1. The maximum absolute atomic E-state index is 13.4. The summed E-state index contributed by atoms with van der Waals surface area (Å²) >= 11 is 1.35. The van der Waals surface area contributed by atoms with E-state index in [1.807, 2.05) is 25.1 Å². The number of nitrogens with zero attached hydrogens (tertiary/aromatic N) is 4. The van der Waals surface area contributed by atoms with Gasteiger partial charge in [-0.25, -0.2) is 4.98 Å². The fraction of sp³-hybridized carbons (Fsp3) is 0.333. The molecule has 2 heterocycles. The van der Waals surface area contributed by atoms with Crippen LogP contribution in [0.25, 0.3) is 10.2 Å². The average Bonchev–Trinajstić information content (AvgIpc) is 3.16. The second-order valence-electron chi connectivity index (χ2n) is 7.35. The molecule has 11 heteroatoms. The summed E-state index contributed by atoms with van der Waals surface area (Å²) in [4.78, 5) is 32.5. The molecule has 4 rings (SSSR count). The number of benzene rings is 2. The lowest BCUT2D eigenvalue weighted by atomic mass is 10.1. The molecule has 0 unspecified atom stereocenters. The third kappa shape index (κ3) is 4.93. The topological polar surface area (TPSA) is 98.0 Å². The molecule has 0 atom stereocenters. The van der Waals surface area contributed by atoms with Gasteiger partial charge in [0.25, 0.3) is 11.6 Å². The molecule has 3 aromatic rings. The lowest BCUT2D eigenvalue weighted by Gasteiger charge is -2.21. The van der Waals surface area contributed by atoms with Gasteiger partial charge in [-0.3, -0.25) is 19.8 Å². The van der Waals surface area contributed by atoms with Gasteiger partial charge >= 0.3 is 0 Å². The van der Waals surface area contributed by atoms with Crippen LogP contribution in [0.15, 0.2) is 36.4 Å². The summed E-state index contributed by atoms with van der Waals surface area (Å²) in [6.07, 6.45) is 0.692. The Hall–Kier alpha value is -2.95. The first kappa shape index (κ1) is 23.7. The number of hydrogen-bond acceptors (Lipinski definition) is 8. The summed E-state index contributed by atoms with van der Waals surface area (Å²) < 4.78 is 12.1. The Morgan fingerprint density at radius 2 is 1.84 bits per heavy atom. The normalized spacial score (nSPS) is 12.5. The zero-order chi connectivity index (χ0) is 22.0. The molecule has 0 bridgehead atoms. The van der Waals surface area contributed by atoms with E-state index in [0.29, 0.717) is 48.3 Å². The van der Waals surface area contributed by atoms with Crippen molar-refractivity contribution in [2.45, 2.75) is 6.42 Å². The van der Waals surface area contributed by atoms with Crippen LogP contribution in [0, 0.1) is 10.1 Å². The highest BCUT2D eigenvalue weighted by Gasteiger charge is 2.27. The predicted molar refractivity (Wildman–Crippen MR) is 126 cm³/mol. The molecular formula is C21H23ClN4O5S. The van der Waals surface area contributed by atoms with Crippen LogP contribution in [0.4, 0.5) is 10.8 Å². The van der Waals surface area contributed by atoms with Gasteiger partial charge in [-0.2, -0.15) is 0 Å². The minimum absolute atomic E-state index is 0. The van der Waals surface area contributed by atoms with Crippen molar-refractivity contribution in [3.63, 3.8) is 0 Å². The van der Waals surface area contributed by atoms with Crippen LogP contribution in [0.3, 0.4) is 0 Å². The van der Waals surface area contributed by atoms with E-state index >= 15 is 0 Å². The number of hydrogen-bond donors (Lipinski definition) is 0. The number of carbonyl (C=O) groups excluding carboxylic acids is 1. The van der Waals surface area contributed by atoms with Crippen molar-refractivity contribution in [1.29, 1.82) is 0 Å². The summed E-state index contributed by atoms with van der Waals surface area (Å²) in [7, 11) is 3.91. The summed E-state index contributed by atoms with van der Waals surface area (Å²) in [6, 6.07) is 9.65. The molecule has 1 amide bonds. The van der Waals surface area contributed by atoms with Gasteiger partial charge in [0.2, 0.25) is 0 Å². The van der Waals surface area contributed by atoms with Gasteiger partial charge in [0, 0.05) is 24.7 Å². The van der Waals surface area contributed by atoms with Crippen molar-refractivity contribution in [2.75, 3.05) is 45.3 Å². The smallest absolute Gasteiger partial charge is 0.282 e. The van der Waals surface area contributed by atoms with Crippen molar-refractivity contribution in [3.8, 4) is 11.5 Å². The monoisotopic (exact) mass is 478 g/mol. The van der Waals surface area contributed by atoms with Crippen molar-refractivity contribution in [2.24, 2.45) is 0 Å². The Labute approximate surface area is 195 Å². The number of fused-ring (bicyclic) bond motifs is 2. The number of nitro groups is 1. The molecule has 9 nitrogen and oxygen atoms in total. The van der Waals surface area contributed by atoms with E-state index < -0.39 is 10.8 Å². The molecule has 170 valence electrons. The molecule has 1 aliphatic rings. The summed E-state index contributed by atoms with van der Waals surface area (Å²) in [5, 5.41) is 11.9.